The molecule has 30 heavy (non-hydrogen) atoms. The average molecular weight is 429 g/mol. The van der Waals surface area contributed by atoms with Crippen molar-refractivity contribution in [2.24, 2.45) is 0 Å². The number of hydrogen-bond acceptors (Lipinski definition) is 6. The number of imide groups is 2. The SMILES string of the molecule is CCOC(=O)COc1ccccc1C=C1C(=O)NC(=O)N(c2ccc(Cl)cc2)C1=O. The Labute approximate surface area is 177 Å². The minimum Gasteiger partial charge on any atom is -0.481 e. The number of urea groups is 1. The van der Waals surface area contributed by atoms with Crippen LogP contribution in [0.3, 0.4) is 0 Å². The molecule has 3 rings (SSSR count). The number of nitrogens with one attached hydrogen (secondary N) is 1. The Bertz CT molecular complexity index is 1030. The van der Waals surface area contributed by atoms with E-state index < -0.39 is 23.8 Å². The number of benzene rings is 2. The second kappa shape index (κ2) is 9.23. The number of carbonyl (C=O) groups excluding carboxylic acids is 4. The van der Waals surface area contributed by atoms with Gasteiger partial charge in [-0.25, -0.2) is 14.5 Å². The topological polar surface area (TPSA) is 102 Å². The van der Waals surface area contributed by atoms with Crippen LogP contribution in [0.1, 0.15) is 12.5 Å². The molecule has 4 amide bonds. The van der Waals surface area contributed by atoms with Crippen LogP contribution < -0.4 is 15.0 Å². The van der Waals surface area contributed by atoms with Crippen molar-refractivity contribution < 1.29 is 28.7 Å². The van der Waals surface area contributed by atoms with E-state index in [1.807, 2.05) is 0 Å². The number of halogens is 1. The van der Waals surface area contributed by atoms with Gasteiger partial charge in [0.15, 0.2) is 6.61 Å². The summed E-state index contributed by atoms with van der Waals surface area (Å²) in [6.07, 6.45) is 1.30. The Kier molecular flexibility index (Phi) is 6.48. The van der Waals surface area contributed by atoms with E-state index in [0.717, 1.165) is 4.90 Å². The van der Waals surface area contributed by atoms with Gasteiger partial charge >= 0.3 is 12.0 Å². The molecule has 0 saturated carbocycles. The van der Waals surface area contributed by atoms with Gasteiger partial charge in [-0.1, -0.05) is 29.8 Å². The lowest BCUT2D eigenvalue weighted by Crippen LogP contribution is -2.54. The highest BCUT2D eigenvalue weighted by Crippen LogP contribution is 2.26. The third-order valence-electron chi connectivity index (χ3n) is 4.06. The second-order valence-electron chi connectivity index (χ2n) is 6.07. The number of carbonyl (C=O) groups is 4. The Morgan fingerprint density at radius 2 is 1.80 bits per heavy atom. The van der Waals surface area contributed by atoms with E-state index in [9.17, 15) is 19.2 Å². The molecule has 154 valence electrons. The zero-order chi connectivity index (χ0) is 21.7. The molecule has 0 unspecified atom stereocenters. The van der Waals surface area contributed by atoms with Crippen molar-refractivity contribution in [3.8, 4) is 5.75 Å². The molecule has 1 fully saturated rings. The molecule has 0 atom stereocenters. The van der Waals surface area contributed by atoms with Crippen molar-refractivity contribution in [1.29, 1.82) is 0 Å². The van der Waals surface area contributed by atoms with Crippen LogP contribution in [0.2, 0.25) is 5.02 Å². The van der Waals surface area contributed by atoms with Gasteiger partial charge in [0, 0.05) is 10.6 Å². The fourth-order valence-electron chi connectivity index (χ4n) is 2.71. The monoisotopic (exact) mass is 428 g/mol. The summed E-state index contributed by atoms with van der Waals surface area (Å²) in [5, 5.41) is 2.57. The van der Waals surface area contributed by atoms with Crippen molar-refractivity contribution in [2.75, 3.05) is 18.1 Å². The van der Waals surface area contributed by atoms with E-state index >= 15 is 0 Å². The molecule has 0 aliphatic carbocycles. The lowest BCUT2D eigenvalue weighted by atomic mass is 10.1. The zero-order valence-electron chi connectivity index (χ0n) is 15.9. The number of esters is 1. The first-order valence-corrected chi connectivity index (χ1v) is 9.33. The maximum Gasteiger partial charge on any atom is 0.344 e. The van der Waals surface area contributed by atoms with Crippen LogP contribution in [0.4, 0.5) is 10.5 Å². The highest BCUT2D eigenvalue weighted by atomic mass is 35.5. The maximum atomic E-state index is 12.9. The molecule has 1 aliphatic rings. The van der Waals surface area contributed by atoms with Crippen molar-refractivity contribution in [3.05, 3.63) is 64.7 Å². The molecule has 8 nitrogen and oxygen atoms in total. The van der Waals surface area contributed by atoms with E-state index in [4.69, 9.17) is 21.1 Å². The van der Waals surface area contributed by atoms with Gasteiger partial charge in [-0.2, -0.15) is 0 Å². The summed E-state index contributed by atoms with van der Waals surface area (Å²) in [6, 6.07) is 11.7. The van der Waals surface area contributed by atoms with Crippen LogP contribution in [-0.2, 0) is 19.1 Å². The second-order valence-corrected chi connectivity index (χ2v) is 6.50. The van der Waals surface area contributed by atoms with Crippen molar-refractivity contribution in [3.63, 3.8) is 0 Å². The van der Waals surface area contributed by atoms with Gasteiger partial charge in [-0.3, -0.25) is 14.9 Å². The first kappa shape index (κ1) is 21.1. The van der Waals surface area contributed by atoms with E-state index in [1.165, 1.54) is 30.3 Å². The van der Waals surface area contributed by atoms with Crippen LogP contribution in [0, 0.1) is 0 Å². The molecule has 1 saturated heterocycles. The van der Waals surface area contributed by atoms with Gasteiger partial charge in [-0.15, -0.1) is 0 Å². The number of para-hydroxylation sites is 1. The summed E-state index contributed by atoms with van der Waals surface area (Å²) < 4.78 is 10.3. The van der Waals surface area contributed by atoms with Crippen molar-refractivity contribution >= 4 is 47.2 Å². The first-order chi connectivity index (χ1) is 14.4. The third kappa shape index (κ3) is 4.66. The molecule has 0 radical (unpaired) electrons. The van der Waals surface area contributed by atoms with E-state index in [-0.39, 0.29) is 30.2 Å². The van der Waals surface area contributed by atoms with Crippen LogP contribution >= 0.6 is 11.6 Å². The molecule has 0 aromatic heterocycles. The summed E-state index contributed by atoms with van der Waals surface area (Å²) in [4.78, 5) is 49.9. The minimum atomic E-state index is -0.865. The fraction of sp³-hybridized carbons (Fsp3) is 0.143. The van der Waals surface area contributed by atoms with Crippen LogP contribution in [0.15, 0.2) is 54.1 Å². The molecular weight excluding hydrogens is 412 g/mol. The van der Waals surface area contributed by atoms with Crippen LogP contribution in [0.25, 0.3) is 6.08 Å². The van der Waals surface area contributed by atoms with Gasteiger partial charge in [0.2, 0.25) is 0 Å². The largest absolute Gasteiger partial charge is 0.481 e. The number of hydrogen-bond donors (Lipinski definition) is 1. The van der Waals surface area contributed by atoms with Gasteiger partial charge in [0.1, 0.15) is 11.3 Å². The van der Waals surface area contributed by atoms with Crippen molar-refractivity contribution in [2.45, 2.75) is 6.92 Å². The molecule has 9 heteroatoms. The summed E-state index contributed by atoms with van der Waals surface area (Å²) in [5.41, 5.74) is 0.370. The molecule has 1 heterocycles. The minimum absolute atomic E-state index is 0.219. The predicted molar refractivity (Wildman–Crippen MR) is 109 cm³/mol. The van der Waals surface area contributed by atoms with Gasteiger partial charge in [-0.05, 0) is 43.3 Å². The van der Waals surface area contributed by atoms with E-state index in [2.05, 4.69) is 5.32 Å². The van der Waals surface area contributed by atoms with Crippen molar-refractivity contribution in [1.82, 2.24) is 5.32 Å². The zero-order valence-corrected chi connectivity index (χ0v) is 16.6. The quantitative estimate of drug-likeness (QED) is 0.431. The Morgan fingerprint density at radius 1 is 1.10 bits per heavy atom. The average Bonchev–Trinajstić information content (AvgIpc) is 2.72. The van der Waals surface area contributed by atoms with Crippen LogP contribution in [-0.4, -0.2) is 37.0 Å². The Hall–Kier alpha value is -3.65. The number of anilines is 1. The van der Waals surface area contributed by atoms with Gasteiger partial charge in [0.25, 0.3) is 11.8 Å². The summed E-state index contributed by atoms with van der Waals surface area (Å²) in [5.74, 6) is -1.92. The molecule has 1 N–H and O–H groups in total. The fourth-order valence-corrected chi connectivity index (χ4v) is 2.83. The van der Waals surface area contributed by atoms with Gasteiger partial charge < -0.3 is 9.47 Å². The third-order valence-corrected chi connectivity index (χ3v) is 4.31. The van der Waals surface area contributed by atoms with Crippen LogP contribution in [0.5, 0.6) is 5.75 Å². The highest BCUT2D eigenvalue weighted by molar-refractivity contribution is 6.39. The normalized spacial score (nSPS) is 15.2. The number of amides is 4. The van der Waals surface area contributed by atoms with Gasteiger partial charge in [0.05, 0.1) is 12.3 Å². The predicted octanol–water partition coefficient (Wildman–Crippen LogP) is 2.95. The smallest absolute Gasteiger partial charge is 0.344 e. The molecule has 2 aromatic carbocycles. The molecule has 2 aromatic rings. The number of ether oxygens (including phenoxy) is 2. The van der Waals surface area contributed by atoms with E-state index in [0.29, 0.717) is 10.6 Å². The maximum absolute atomic E-state index is 12.9. The number of nitrogens with zero attached hydrogens (tertiary/aromatic N) is 1. The molecule has 0 spiro atoms. The standard InChI is InChI=1S/C21H17ClN2O6/c1-2-29-18(25)12-30-17-6-4-3-5-13(17)11-16-19(26)23-21(28)24(20(16)27)15-9-7-14(22)8-10-15/h3-11H,2,12H2,1H3,(H,23,26,28). The summed E-state index contributed by atoms with van der Waals surface area (Å²) in [6.45, 7) is 1.57. The van der Waals surface area contributed by atoms with E-state index in [1.54, 1.807) is 31.2 Å². The summed E-state index contributed by atoms with van der Waals surface area (Å²) >= 11 is 5.86. The number of barbiturate groups is 1. The highest BCUT2D eigenvalue weighted by Gasteiger charge is 2.36. The summed E-state index contributed by atoms with van der Waals surface area (Å²) in [7, 11) is 0. The lowest BCUT2D eigenvalue weighted by molar-refractivity contribution is -0.145. The number of rotatable bonds is 6. The molecular formula is C21H17ClN2O6. The lowest BCUT2D eigenvalue weighted by Gasteiger charge is -2.26. The Morgan fingerprint density at radius 3 is 2.50 bits per heavy atom. The first-order valence-electron chi connectivity index (χ1n) is 8.95. The molecule has 0 bridgehead atoms. The molecule has 1 aliphatic heterocycles. The Balaban J connectivity index is 1.91.